The van der Waals surface area contributed by atoms with Crippen molar-refractivity contribution in [2.45, 2.75) is 78.6 Å². The van der Waals surface area contributed by atoms with Gasteiger partial charge in [-0.15, -0.1) is 0 Å². The summed E-state index contributed by atoms with van der Waals surface area (Å²) >= 11 is 0. The van der Waals surface area contributed by atoms with Crippen LogP contribution in [0.15, 0.2) is 72.8 Å². The largest absolute Gasteiger partial charge is 0.647 e. The molecule has 0 aromatic heterocycles. The van der Waals surface area contributed by atoms with Crippen molar-refractivity contribution < 1.29 is 32.3 Å². The van der Waals surface area contributed by atoms with E-state index in [0.29, 0.717) is 76.2 Å². The quantitative estimate of drug-likeness (QED) is 0.0724. The van der Waals surface area contributed by atoms with E-state index in [1.54, 1.807) is 18.2 Å². The van der Waals surface area contributed by atoms with Gasteiger partial charge in [-0.25, -0.2) is 0 Å². The third-order valence-electron chi connectivity index (χ3n) is 7.02. The Morgan fingerprint density at radius 2 is 0.750 bits per heavy atom. The summed E-state index contributed by atoms with van der Waals surface area (Å²) in [5.41, 5.74) is 2.60. The molecule has 0 aliphatic carbocycles. The maximum atomic E-state index is 14.7. The van der Waals surface area contributed by atoms with Crippen molar-refractivity contribution in [3.05, 3.63) is 89.5 Å². The summed E-state index contributed by atoms with van der Waals surface area (Å²) in [4.78, 5) is 0. The Kier molecular flexibility index (Phi) is 17.0. The number of ether oxygens (including phenoxy) is 3. The normalized spacial score (nSPS) is 11.4. The molecule has 3 aromatic carbocycles. The fourth-order valence-corrected chi connectivity index (χ4v) is 5.78. The molecule has 0 bridgehead atoms. The molecular weight excluding hydrogens is 575 g/mol. The minimum atomic E-state index is -4.24. The first-order valence-corrected chi connectivity index (χ1v) is 17.7. The van der Waals surface area contributed by atoms with E-state index in [4.69, 9.17) is 27.8 Å². The molecule has 44 heavy (non-hydrogen) atoms. The molecule has 3 aromatic rings. The molecule has 0 heterocycles. The molecule has 0 unspecified atom stereocenters. The lowest BCUT2D eigenvalue weighted by Crippen LogP contribution is -2.12. The van der Waals surface area contributed by atoms with Gasteiger partial charge >= 0.3 is 7.82 Å². The molecule has 0 radical (unpaired) electrons. The number of hydrogen-bond acceptors (Lipinski definition) is 7. The first-order valence-electron chi connectivity index (χ1n) is 16.2. The van der Waals surface area contributed by atoms with Crippen LogP contribution in [0, 0.1) is 0 Å². The van der Waals surface area contributed by atoms with E-state index < -0.39 is 7.82 Å². The van der Waals surface area contributed by atoms with Crippen LogP contribution in [0.5, 0.6) is 17.2 Å². The first-order chi connectivity index (χ1) is 21.6. The number of unbranched alkanes of at least 4 members (excludes halogenated alkanes) is 3. The molecule has 7 nitrogen and oxygen atoms in total. The highest BCUT2D eigenvalue weighted by Gasteiger charge is 2.35. The van der Waals surface area contributed by atoms with Crippen molar-refractivity contribution >= 4 is 7.82 Å². The average Bonchev–Trinajstić information content (AvgIpc) is 3.03. The van der Waals surface area contributed by atoms with Gasteiger partial charge in [0.05, 0.1) is 19.8 Å². The SMILES string of the molecule is CCCCOCCc1ccccc1OP(=O)(Oc1ccccc1CCOCCCC)Oc1ccccc1CCOCCCC. The zero-order valence-electron chi connectivity index (χ0n) is 26.8. The monoisotopic (exact) mass is 626 g/mol. The van der Waals surface area contributed by atoms with Gasteiger partial charge < -0.3 is 27.8 Å². The lowest BCUT2D eigenvalue weighted by atomic mass is 10.1. The van der Waals surface area contributed by atoms with Crippen LogP contribution in [0.25, 0.3) is 0 Å². The van der Waals surface area contributed by atoms with Crippen LogP contribution in [-0.4, -0.2) is 39.6 Å². The summed E-state index contributed by atoms with van der Waals surface area (Å²) in [6.07, 6.45) is 8.11. The zero-order chi connectivity index (χ0) is 31.3. The second-order valence-corrected chi connectivity index (χ2v) is 12.1. The number of phosphoric acid groups is 1. The van der Waals surface area contributed by atoms with Crippen molar-refractivity contribution in [1.82, 2.24) is 0 Å². The molecule has 0 aliphatic heterocycles. The Morgan fingerprint density at radius 1 is 0.455 bits per heavy atom. The lowest BCUT2D eigenvalue weighted by molar-refractivity contribution is 0.133. The number of rotatable bonds is 24. The number of para-hydroxylation sites is 3. The molecule has 8 heteroatoms. The fraction of sp³-hybridized carbons (Fsp3) is 0.500. The van der Waals surface area contributed by atoms with Crippen molar-refractivity contribution in [3.63, 3.8) is 0 Å². The molecule has 0 aliphatic rings. The van der Waals surface area contributed by atoms with Crippen LogP contribution >= 0.6 is 7.82 Å². The Labute approximate surface area is 264 Å². The molecular formula is C36H51O7P. The van der Waals surface area contributed by atoms with Crippen LogP contribution in [0.3, 0.4) is 0 Å². The van der Waals surface area contributed by atoms with Gasteiger partial charge in [-0.05, 0) is 73.4 Å². The second-order valence-electron chi connectivity index (χ2n) is 10.7. The van der Waals surface area contributed by atoms with Gasteiger partial charge in [0.15, 0.2) is 0 Å². The molecule has 0 saturated carbocycles. The number of hydrogen-bond donors (Lipinski definition) is 0. The predicted molar refractivity (Wildman–Crippen MR) is 177 cm³/mol. The predicted octanol–water partition coefficient (Wildman–Crippen LogP) is 9.41. The highest BCUT2D eigenvalue weighted by Crippen LogP contribution is 2.51. The van der Waals surface area contributed by atoms with E-state index in [-0.39, 0.29) is 0 Å². The van der Waals surface area contributed by atoms with Crippen molar-refractivity contribution in [3.8, 4) is 17.2 Å². The minimum absolute atomic E-state index is 0.440. The summed E-state index contributed by atoms with van der Waals surface area (Å²) in [6, 6.07) is 22.6. The Bertz CT molecular complexity index is 1100. The molecule has 3 rings (SSSR count). The van der Waals surface area contributed by atoms with Crippen LogP contribution in [-0.2, 0) is 38.0 Å². The van der Waals surface area contributed by atoms with E-state index in [2.05, 4.69) is 20.8 Å². The van der Waals surface area contributed by atoms with Crippen molar-refractivity contribution in [2.75, 3.05) is 39.6 Å². The van der Waals surface area contributed by atoms with Crippen molar-refractivity contribution in [1.29, 1.82) is 0 Å². The molecule has 0 fully saturated rings. The molecule has 0 amide bonds. The van der Waals surface area contributed by atoms with Crippen LogP contribution < -0.4 is 13.6 Å². The highest BCUT2D eigenvalue weighted by atomic mass is 31.2. The van der Waals surface area contributed by atoms with E-state index in [1.807, 2.05) is 54.6 Å². The Hall–Kier alpha value is -2.83. The molecule has 242 valence electrons. The van der Waals surface area contributed by atoms with Crippen LogP contribution in [0.1, 0.15) is 76.0 Å². The van der Waals surface area contributed by atoms with E-state index in [0.717, 1.165) is 55.2 Å². The van der Waals surface area contributed by atoms with Crippen LogP contribution in [0.2, 0.25) is 0 Å². The molecule has 0 saturated heterocycles. The summed E-state index contributed by atoms with van der Waals surface area (Å²) in [5, 5.41) is 0. The average molecular weight is 627 g/mol. The summed E-state index contributed by atoms with van der Waals surface area (Å²) < 4.78 is 50.8. The van der Waals surface area contributed by atoms with Gasteiger partial charge in [0, 0.05) is 19.8 Å². The highest BCUT2D eigenvalue weighted by molar-refractivity contribution is 7.49. The standard InChI is InChI=1S/C36H51O7P/c1-4-7-25-38-28-22-31-16-10-13-19-34(31)41-44(37,42-35-20-14-11-17-32(35)23-29-39-26-8-5-2)43-36-21-15-12-18-33(36)24-30-40-27-9-6-3/h10-21H,4-9,22-30H2,1-3H3. The zero-order valence-corrected chi connectivity index (χ0v) is 27.7. The first kappa shape index (κ1) is 35.6. The van der Waals surface area contributed by atoms with Gasteiger partial charge in [-0.3, -0.25) is 0 Å². The number of benzene rings is 3. The van der Waals surface area contributed by atoms with Crippen molar-refractivity contribution in [2.24, 2.45) is 0 Å². The Balaban J connectivity index is 1.85. The van der Waals surface area contributed by atoms with Gasteiger partial charge in [-0.2, -0.15) is 4.57 Å². The maximum absolute atomic E-state index is 14.7. The third-order valence-corrected chi connectivity index (χ3v) is 8.28. The molecule has 0 spiro atoms. The molecule has 0 N–H and O–H groups in total. The van der Waals surface area contributed by atoms with Gasteiger partial charge in [0.25, 0.3) is 0 Å². The van der Waals surface area contributed by atoms with Gasteiger partial charge in [-0.1, -0.05) is 94.6 Å². The summed E-state index contributed by atoms with van der Waals surface area (Å²) in [5.74, 6) is 1.32. The van der Waals surface area contributed by atoms with E-state index in [9.17, 15) is 4.57 Å². The van der Waals surface area contributed by atoms with Gasteiger partial charge in [0.1, 0.15) is 17.2 Å². The smallest absolute Gasteiger partial charge is 0.386 e. The second kappa shape index (κ2) is 21.0. The lowest BCUT2D eigenvalue weighted by Gasteiger charge is -2.23. The summed E-state index contributed by atoms with van der Waals surface area (Å²) in [6.45, 7) is 10.2. The maximum Gasteiger partial charge on any atom is 0.647 e. The molecule has 0 atom stereocenters. The van der Waals surface area contributed by atoms with E-state index in [1.165, 1.54) is 0 Å². The number of phosphoric ester groups is 1. The fourth-order valence-electron chi connectivity index (χ4n) is 4.41. The van der Waals surface area contributed by atoms with E-state index >= 15 is 0 Å². The van der Waals surface area contributed by atoms with Gasteiger partial charge in [0.2, 0.25) is 0 Å². The Morgan fingerprint density at radius 3 is 1.05 bits per heavy atom. The topological polar surface area (TPSA) is 72.5 Å². The minimum Gasteiger partial charge on any atom is -0.386 e. The van der Waals surface area contributed by atoms with Crippen LogP contribution in [0.4, 0.5) is 0 Å². The third kappa shape index (κ3) is 13.0. The summed E-state index contributed by atoms with van der Waals surface area (Å²) in [7, 11) is -4.24.